The predicted molar refractivity (Wildman–Crippen MR) is 54.4 cm³/mol. The van der Waals surface area contributed by atoms with Crippen LogP contribution in [0.1, 0.15) is 44.9 Å². The number of aliphatic hydroxyl groups excluding tert-OH is 1. The molecule has 2 heterocycles. The standard InChI is InChI=1S/C10H17N3O2/c1-10(2,3)9-12-8(15-13-9)7-4-6(14)5-11-7/h6-7,11,14H,4-5H2,1-3H3. The van der Waals surface area contributed by atoms with Gasteiger partial charge in [-0.05, 0) is 6.42 Å². The number of hydrogen-bond acceptors (Lipinski definition) is 5. The van der Waals surface area contributed by atoms with E-state index in [4.69, 9.17) is 4.52 Å². The molecule has 5 heteroatoms. The molecule has 1 fully saturated rings. The zero-order valence-electron chi connectivity index (χ0n) is 9.32. The van der Waals surface area contributed by atoms with Gasteiger partial charge >= 0.3 is 0 Å². The van der Waals surface area contributed by atoms with E-state index in [2.05, 4.69) is 15.5 Å². The first-order valence-electron chi connectivity index (χ1n) is 5.22. The minimum absolute atomic E-state index is 0.00333. The smallest absolute Gasteiger partial charge is 0.243 e. The molecule has 1 aliphatic rings. The number of hydrogen-bond donors (Lipinski definition) is 2. The lowest BCUT2D eigenvalue weighted by molar-refractivity contribution is 0.191. The zero-order valence-corrected chi connectivity index (χ0v) is 9.32. The first kappa shape index (κ1) is 10.6. The van der Waals surface area contributed by atoms with Gasteiger partial charge in [-0.15, -0.1) is 0 Å². The van der Waals surface area contributed by atoms with Crippen molar-refractivity contribution in [1.29, 1.82) is 0 Å². The molecule has 0 spiro atoms. The van der Waals surface area contributed by atoms with Crippen molar-refractivity contribution in [3.05, 3.63) is 11.7 Å². The Hall–Kier alpha value is -0.940. The van der Waals surface area contributed by atoms with E-state index in [1.54, 1.807) is 0 Å². The van der Waals surface area contributed by atoms with Crippen LogP contribution in [0.25, 0.3) is 0 Å². The second-order valence-electron chi connectivity index (χ2n) is 5.06. The van der Waals surface area contributed by atoms with Crippen LogP contribution < -0.4 is 5.32 Å². The van der Waals surface area contributed by atoms with Gasteiger partial charge in [0.1, 0.15) is 0 Å². The third-order valence-corrected chi connectivity index (χ3v) is 2.52. The first-order chi connectivity index (χ1) is 6.97. The SMILES string of the molecule is CC(C)(C)c1noc(C2CC(O)CN2)n1. The van der Waals surface area contributed by atoms with Crippen molar-refractivity contribution in [1.82, 2.24) is 15.5 Å². The molecule has 0 saturated carbocycles. The Bertz CT molecular complexity index is 343. The van der Waals surface area contributed by atoms with E-state index in [1.165, 1.54) is 0 Å². The molecule has 5 nitrogen and oxygen atoms in total. The highest BCUT2D eigenvalue weighted by atomic mass is 16.5. The van der Waals surface area contributed by atoms with Gasteiger partial charge in [0.05, 0.1) is 12.1 Å². The van der Waals surface area contributed by atoms with Crippen LogP contribution in [0.4, 0.5) is 0 Å². The molecule has 0 aromatic carbocycles. The van der Waals surface area contributed by atoms with Crippen LogP contribution >= 0.6 is 0 Å². The molecule has 1 aromatic heterocycles. The Morgan fingerprint density at radius 3 is 2.67 bits per heavy atom. The summed E-state index contributed by atoms with van der Waals surface area (Å²) < 4.78 is 5.19. The Kier molecular flexibility index (Phi) is 2.52. The van der Waals surface area contributed by atoms with Crippen LogP contribution in [0, 0.1) is 0 Å². The average molecular weight is 211 g/mol. The van der Waals surface area contributed by atoms with E-state index in [0.29, 0.717) is 24.7 Å². The fourth-order valence-corrected chi connectivity index (χ4v) is 1.59. The van der Waals surface area contributed by atoms with Gasteiger partial charge in [-0.3, -0.25) is 0 Å². The van der Waals surface area contributed by atoms with Crippen LogP contribution in [0.15, 0.2) is 4.52 Å². The number of nitrogens with zero attached hydrogens (tertiary/aromatic N) is 2. The molecule has 0 radical (unpaired) electrons. The molecule has 0 bridgehead atoms. The van der Waals surface area contributed by atoms with Gasteiger partial charge in [-0.2, -0.15) is 4.98 Å². The summed E-state index contributed by atoms with van der Waals surface area (Å²) in [6, 6.07) is 0.00333. The van der Waals surface area contributed by atoms with Crippen molar-refractivity contribution in [3.8, 4) is 0 Å². The maximum absolute atomic E-state index is 9.38. The second kappa shape index (κ2) is 3.57. The molecule has 1 aromatic rings. The largest absolute Gasteiger partial charge is 0.392 e. The van der Waals surface area contributed by atoms with Gasteiger partial charge in [0.15, 0.2) is 5.82 Å². The van der Waals surface area contributed by atoms with Gasteiger partial charge in [0, 0.05) is 12.0 Å². The Morgan fingerprint density at radius 2 is 2.20 bits per heavy atom. The molecule has 0 amide bonds. The fraction of sp³-hybridized carbons (Fsp3) is 0.800. The van der Waals surface area contributed by atoms with Crippen molar-refractivity contribution >= 4 is 0 Å². The summed E-state index contributed by atoms with van der Waals surface area (Å²) in [5, 5.41) is 16.5. The minimum atomic E-state index is -0.306. The molecule has 84 valence electrons. The molecule has 1 saturated heterocycles. The lowest BCUT2D eigenvalue weighted by Gasteiger charge is -2.11. The summed E-state index contributed by atoms with van der Waals surface area (Å²) in [5.74, 6) is 1.29. The number of aromatic nitrogens is 2. The first-order valence-corrected chi connectivity index (χ1v) is 5.22. The fourth-order valence-electron chi connectivity index (χ4n) is 1.59. The number of aliphatic hydroxyl groups is 1. The van der Waals surface area contributed by atoms with Crippen molar-refractivity contribution in [2.75, 3.05) is 6.54 Å². The van der Waals surface area contributed by atoms with Gasteiger partial charge in [0.2, 0.25) is 5.89 Å². The van der Waals surface area contributed by atoms with E-state index >= 15 is 0 Å². The van der Waals surface area contributed by atoms with E-state index in [9.17, 15) is 5.11 Å². The van der Waals surface area contributed by atoms with E-state index in [-0.39, 0.29) is 17.6 Å². The maximum atomic E-state index is 9.38. The summed E-state index contributed by atoms with van der Waals surface area (Å²) in [6.45, 7) is 6.72. The quantitative estimate of drug-likeness (QED) is 0.717. The minimum Gasteiger partial charge on any atom is -0.392 e. The third-order valence-electron chi connectivity index (χ3n) is 2.52. The monoisotopic (exact) mass is 211 g/mol. The normalized spacial score (nSPS) is 27.2. The summed E-state index contributed by atoms with van der Waals surface area (Å²) in [6.07, 6.45) is 0.339. The van der Waals surface area contributed by atoms with Crippen molar-refractivity contribution in [2.24, 2.45) is 0 Å². The van der Waals surface area contributed by atoms with E-state index < -0.39 is 0 Å². The summed E-state index contributed by atoms with van der Waals surface area (Å²) in [4.78, 5) is 4.35. The zero-order chi connectivity index (χ0) is 11.1. The lowest BCUT2D eigenvalue weighted by atomic mass is 9.96. The maximum Gasteiger partial charge on any atom is 0.243 e. The van der Waals surface area contributed by atoms with Crippen LogP contribution in [0.3, 0.4) is 0 Å². The Labute approximate surface area is 88.9 Å². The average Bonchev–Trinajstić information content (AvgIpc) is 2.69. The highest BCUT2D eigenvalue weighted by molar-refractivity contribution is 5.03. The molecule has 2 unspecified atom stereocenters. The van der Waals surface area contributed by atoms with Crippen LogP contribution in [0.2, 0.25) is 0 Å². The Morgan fingerprint density at radius 1 is 1.47 bits per heavy atom. The summed E-state index contributed by atoms with van der Waals surface area (Å²) in [5.41, 5.74) is -0.0982. The van der Waals surface area contributed by atoms with Gasteiger partial charge < -0.3 is 14.9 Å². The molecule has 1 aliphatic heterocycles. The van der Waals surface area contributed by atoms with Crippen LogP contribution in [-0.4, -0.2) is 27.9 Å². The molecule has 15 heavy (non-hydrogen) atoms. The Balaban J connectivity index is 2.14. The summed E-state index contributed by atoms with van der Waals surface area (Å²) >= 11 is 0. The third kappa shape index (κ3) is 2.18. The highest BCUT2D eigenvalue weighted by Crippen LogP contribution is 2.25. The number of β-amino-alcohol motifs (C(OH)–C–C–N with tert-alkyl or cyclic N) is 1. The summed E-state index contributed by atoms with van der Waals surface area (Å²) in [7, 11) is 0. The molecule has 2 atom stereocenters. The predicted octanol–water partition coefficient (Wildman–Crippen LogP) is 0.762. The number of rotatable bonds is 1. The van der Waals surface area contributed by atoms with Gasteiger partial charge in [-0.25, -0.2) is 0 Å². The van der Waals surface area contributed by atoms with Crippen LogP contribution in [0.5, 0.6) is 0 Å². The van der Waals surface area contributed by atoms with Gasteiger partial charge in [0.25, 0.3) is 0 Å². The molecule has 2 rings (SSSR count). The van der Waals surface area contributed by atoms with Crippen molar-refractivity contribution in [3.63, 3.8) is 0 Å². The van der Waals surface area contributed by atoms with Crippen LogP contribution in [-0.2, 0) is 5.41 Å². The lowest BCUT2D eigenvalue weighted by Crippen LogP contribution is -2.16. The highest BCUT2D eigenvalue weighted by Gasteiger charge is 2.30. The molecule has 2 N–H and O–H groups in total. The number of nitrogens with one attached hydrogen (secondary N) is 1. The van der Waals surface area contributed by atoms with E-state index in [0.717, 1.165) is 0 Å². The van der Waals surface area contributed by atoms with E-state index in [1.807, 2.05) is 20.8 Å². The second-order valence-corrected chi connectivity index (χ2v) is 5.06. The molecule has 0 aliphatic carbocycles. The van der Waals surface area contributed by atoms with Crippen molar-refractivity contribution < 1.29 is 9.63 Å². The topological polar surface area (TPSA) is 71.2 Å². The van der Waals surface area contributed by atoms with Crippen molar-refractivity contribution in [2.45, 2.75) is 44.8 Å². The molecular weight excluding hydrogens is 194 g/mol. The van der Waals surface area contributed by atoms with Gasteiger partial charge in [-0.1, -0.05) is 25.9 Å². The molecular formula is C10H17N3O2.